The van der Waals surface area contributed by atoms with E-state index in [0.29, 0.717) is 19.6 Å². The highest BCUT2D eigenvalue weighted by Crippen LogP contribution is 2.31. The van der Waals surface area contributed by atoms with E-state index in [9.17, 15) is 4.79 Å². The molecule has 1 aliphatic heterocycles. The zero-order valence-electron chi connectivity index (χ0n) is 17.5. The van der Waals surface area contributed by atoms with Crippen LogP contribution in [0.1, 0.15) is 37.8 Å². The Labute approximate surface area is 174 Å². The van der Waals surface area contributed by atoms with Crippen molar-refractivity contribution >= 4 is 5.91 Å². The lowest BCUT2D eigenvalue weighted by molar-refractivity contribution is -0.121. The summed E-state index contributed by atoms with van der Waals surface area (Å²) in [4.78, 5) is 14.9. The van der Waals surface area contributed by atoms with Gasteiger partial charge < -0.3 is 14.8 Å². The van der Waals surface area contributed by atoms with Crippen molar-refractivity contribution in [3.63, 3.8) is 0 Å². The summed E-state index contributed by atoms with van der Waals surface area (Å²) in [5.74, 6) is 2.42. The van der Waals surface area contributed by atoms with Gasteiger partial charge in [0.2, 0.25) is 5.91 Å². The van der Waals surface area contributed by atoms with Crippen molar-refractivity contribution in [3.05, 3.63) is 60.2 Å². The molecule has 1 heterocycles. The molecule has 1 fully saturated rings. The fraction of sp³-hybridized carbons (Fsp3) is 0.458. The van der Waals surface area contributed by atoms with E-state index >= 15 is 0 Å². The van der Waals surface area contributed by atoms with E-state index in [-0.39, 0.29) is 11.9 Å². The first-order chi connectivity index (χ1) is 14.2. The number of carbonyl (C=O) groups is 1. The molecule has 2 aromatic rings. The number of ether oxygens (including phenoxy) is 2. The maximum atomic E-state index is 12.4. The molecule has 3 rings (SSSR count). The molecule has 0 saturated carbocycles. The van der Waals surface area contributed by atoms with Gasteiger partial charge in [-0.3, -0.25) is 9.69 Å². The zero-order chi connectivity index (χ0) is 20.5. The molecular formula is C24H32N2O3. The fourth-order valence-corrected chi connectivity index (χ4v) is 3.79. The number of likely N-dealkylation sites (tertiary alicyclic amines) is 1. The van der Waals surface area contributed by atoms with E-state index in [2.05, 4.69) is 23.2 Å². The molecule has 1 aliphatic rings. The summed E-state index contributed by atoms with van der Waals surface area (Å²) in [5.41, 5.74) is 1.13. The van der Waals surface area contributed by atoms with Gasteiger partial charge in [0.25, 0.3) is 0 Å². The second kappa shape index (κ2) is 10.9. The molecule has 0 spiro atoms. The van der Waals surface area contributed by atoms with Crippen LogP contribution < -0.4 is 14.8 Å². The summed E-state index contributed by atoms with van der Waals surface area (Å²) >= 11 is 0. The van der Waals surface area contributed by atoms with Crippen molar-refractivity contribution in [2.24, 2.45) is 5.92 Å². The second-order valence-electron chi connectivity index (χ2n) is 7.69. The van der Waals surface area contributed by atoms with Crippen LogP contribution in [-0.2, 0) is 4.79 Å². The molecule has 156 valence electrons. The number of para-hydroxylation sites is 2. The maximum Gasteiger partial charge on any atom is 0.223 e. The fourth-order valence-electron chi connectivity index (χ4n) is 3.79. The lowest BCUT2D eigenvalue weighted by atomic mass is 9.95. The minimum Gasteiger partial charge on any atom is -0.496 e. The molecule has 1 atom stereocenters. The molecule has 1 unspecified atom stereocenters. The SMILES string of the molecule is COc1ccccc1C(CNC(=O)CCOc1ccccc1)N1CCC(C)CC1. The largest absolute Gasteiger partial charge is 0.496 e. The van der Waals surface area contributed by atoms with Crippen molar-refractivity contribution in [2.45, 2.75) is 32.2 Å². The van der Waals surface area contributed by atoms with Gasteiger partial charge in [0.1, 0.15) is 11.5 Å². The Morgan fingerprint density at radius 2 is 1.79 bits per heavy atom. The predicted molar refractivity (Wildman–Crippen MR) is 115 cm³/mol. The molecule has 2 aromatic carbocycles. The van der Waals surface area contributed by atoms with Crippen molar-refractivity contribution in [2.75, 3.05) is 33.4 Å². The van der Waals surface area contributed by atoms with Gasteiger partial charge in [-0.05, 0) is 50.0 Å². The third-order valence-corrected chi connectivity index (χ3v) is 5.59. The average molecular weight is 397 g/mol. The Bertz CT molecular complexity index is 758. The van der Waals surface area contributed by atoms with Gasteiger partial charge in [-0.2, -0.15) is 0 Å². The average Bonchev–Trinajstić information content (AvgIpc) is 2.76. The Morgan fingerprint density at radius 3 is 2.52 bits per heavy atom. The smallest absolute Gasteiger partial charge is 0.223 e. The van der Waals surface area contributed by atoms with Crippen LogP contribution in [-0.4, -0.2) is 44.2 Å². The van der Waals surface area contributed by atoms with E-state index in [4.69, 9.17) is 9.47 Å². The minimum atomic E-state index is 0.00575. The number of methoxy groups -OCH3 is 1. The first-order valence-electron chi connectivity index (χ1n) is 10.5. The van der Waals surface area contributed by atoms with Crippen LogP contribution in [0.3, 0.4) is 0 Å². The second-order valence-corrected chi connectivity index (χ2v) is 7.69. The monoisotopic (exact) mass is 396 g/mol. The van der Waals surface area contributed by atoms with Crippen molar-refractivity contribution in [1.82, 2.24) is 10.2 Å². The predicted octanol–water partition coefficient (Wildman–Crippen LogP) is 4.05. The van der Waals surface area contributed by atoms with E-state index in [0.717, 1.165) is 36.1 Å². The number of carbonyl (C=O) groups excluding carboxylic acids is 1. The van der Waals surface area contributed by atoms with E-state index in [1.807, 2.05) is 48.5 Å². The number of benzene rings is 2. The third-order valence-electron chi connectivity index (χ3n) is 5.59. The van der Waals surface area contributed by atoms with Crippen molar-refractivity contribution < 1.29 is 14.3 Å². The first kappa shape index (κ1) is 21.2. The van der Waals surface area contributed by atoms with Crippen LogP contribution in [0.5, 0.6) is 11.5 Å². The third kappa shape index (κ3) is 6.23. The quantitative estimate of drug-likeness (QED) is 0.695. The van der Waals surface area contributed by atoms with Gasteiger partial charge in [-0.25, -0.2) is 0 Å². The van der Waals surface area contributed by atoms with Crippen molar-refractivity contribution in [3.8, 4) is 11.5 Å². The molecule has 0 radical (unpaired) electrons. The Morgan fingerprint density at radius 1 is 1.10 bits per heavy atom. The highest BCUT2D eigenvalue weighted by atomic mass is 16.5. The highest BCUT2D eigenvalue weighted by Gasteiger charge is 2.27. The summed E-state index contributed by atoms with van der Waals surface area (Å²) in [7, 11) is 1.70. The number of hydrogen-bond donors (Lipinski definition) is 1. The first-order valence-corrected chi connectivity index (χ1v) is 10.5. The Kier molecular flexibility index (Phi) is 7.94. The molecule has 5 heteroatoms. The standard InChI is InChI=1S/C24H32N2O3/c1-19-12-15-26(16-13-19)22(21-10-6-7-11-23(21)28-2)18-25-24(27)14-17-29-20-8-4-3-5-9-20/h3-11,19,22H,12-18H2,1-2H3,(H,25,27). The Hall–Kier alpha value is -2.53. The molecule has 0 aliphatic carbocycles. The number of nitrogens with one attached hydrogen (secondary N) is 1. The number of piperidine rings is 1. The van der Waals surface area contributed by atoms with E-state index < -0.39 is 0 Å². The normalized spacial score (nSPS) is 16.2. The zero-order valence-corrected chi connectivity index (χ0v) is 17.5. The molecule has 0 aromatic heterocycles. The van der Waals surface area contributed by atoms with Gasteiger partial charge in [-0.15, -0.1) is 0 Å². The molecule has 0 bridgehead atoms. The maximum absolute atomic E-state index is 12.4. The molecule has 1 amide bonds. The van der Waals surface area contributed by atoms with Gasteiger partial charge in [0.05, 0.1) is 26.2 Å². The summed E-state index contributed by atoms with van der Waals surface area (Å²) < 4.78 is 11.2. The van der Waals surface area contributed by atoms with E-state index in [1.54, 1.807) is 7.11 Å². The van der Waals surface area contributed by atoms with E-state index in [1.165, 1.54) is 12.8 Å². The van der Waals surface area contributed by atoms with Crippen LogP contribution in [0.25, 0.3) is 0 Å². The van der Waals surface area contributed by atoms with Gasteiger partial charge in [-0.1, -0.05) is 43.3 Å². The van der Waals surface area contributed by atoms with Crippen LogP contribution in [0.2, 0.25) is 0 Å². The van der Waals surface area contributed by atoms with Gasteiger partial charge in [0.15, 0.2) is 0 Å². The lowest BCUT2D eigenvalue weighted by Gasteiger charge is -2.37. The minimum absolute atomic E-state index is 0.00575. The number of hydrogen-bond acceptors (Lipinski definition) is 4. The number of nitrogens with zero attached hydrogens (tertiary/aromatic N) is 1. The van der Waals surface area contributed by atoms with Crippen LogP contribution in [0.15, 0.2) is 54.6 Å². The highest BCUT2D eigenvalue weighted by molar-refractivity contribution is 5.76. The van der Waals surface area contributed by atoms with Gasteiger partial charge >= 0.3 is 0 Å². The summed E-state index contributed by atoms with van der Waals surface area (Å²) in [6.07, 6.45) is 2.71. The molecule has 5 nitrogen and oxygen atoms in total. The lowest BCUT2D eigenvalue weighted by Crippen LogP contribution is -2.42. The van der Waals surface area contributed by atoms with Gasteiger partial charge in [0, 0.05) is 12.1 Å². The molecule has 29 heavy (non-hydrogen) atoms. The molecule has 1 N–H and O–H groups in total. The summed E-state index contributed by atoms with van der Waals surface area (Å²) in [6, 6.07) is 17.8. The van der Waals surface area contributed by atoms with Crippen LogP contribution in [0, 0.1) is 5.92 Å². The summed E-state index contributed by atoms with van der Waals surface area (Å²) in [6.45, 7) is 5.33. The Balaban J connectivity index is 1.58. The number of rotatable bonds is 9. The summed E-state index contributed by atoms with van der Waals surface area (Å²) in [5, 5.41) is 3.11. The number of amides is 1. The molecule has 1 saturated heterocycles. The van der Waals surface area contributed by atoms with Crippen LogP contribution in [0.4, 0.5) is 0 Å². The van der Waals surface area contributed by atoms with Crippen LogP contribution >= 0.6 is 0 Å². The molecular weight excluding hydrogens is 364 g/mol. The van der Waals surface area contributed by atoms with Crippen molar-refractivity contribution in [1.29, 1.82) is 0 Å². The topological polar surface area (TPSA) is 50.8 Å².